The Morgan fingerprint density at radius 1 is 1.00 bits per heavy atom. The van der Waals surface area contributed by atoms with E-state index in [-0.39, 0.29) is 18.1 Å². The van der Waals surface area contributed by atoms with Crippen molar-refractivity contribution in [2.75, 3.05) is 13.2 Å². The molecule has 0 aromatic heterocycles. The Morgan fingerprint density at radius 2 is 1.63 bits per heavy atom. The third-order valence-corrected chi connectivity index (χ3v) is 5.50. The van der Waals surface area contributed by atoms with Gasteiger partial charge in [0.05, 0.1) is 4.90 Å². The first-order valence-corrected chi connectivity index (χ1v) is 10.1. The molecule has 0 bridgehead atoms. The van der Waals surface area contributed by atoms with Crippen LogP contribution in [-0.2, 0) is 19.6 Å². The Labute approximate surface area is 160 Å². The number of aryl methyl sites for hydroxylation is 3. The van der Waals surface area contributed by atoms with Crippen LogP contribution in [0.15, 0.2) is 47.4 Å². The van der Waals surface area contributed by atoms with Crippen LogP contribution in [0.2, 0.25) is 0 Å². The average molecular weight is 391 g/mol. The SMILES string of the molecule is Cc1ccc(S(=O)(=O)N[C@@H](C)C(=O)OCCOc2cc(C)ccc2C)cc1. The van der Waals surface area contributed by atoms with Gasteiger partial charge in [0.1, 0.15) is 25.0 Å². The summed E-state index contributed by atoms with van der Waals surface area (Å²) in [5, 5.41) is 0. The number of benzene rings is 2. The van der Waals surface area contributed by atoms with Gasteiger partial charge in [-0.3, -0.25) is 4.79 Å². The van der Waals surface area contributed by atoms with Crippen molar-refractivity contribution in [2.45, 2.75) is 38.6 Å². The summed E-state index contributed by atoms with van der Waals surface area (Å²) in [5.41, 5.74) is 3.02. The zero-order valence-electron chi connectivity index (χ0n) is 16.0. The van der Waals surface area contributed by atoms with Crippen LogP contribution in [0.1, 0.15) is 23.6 Å². The molecule has 2 aromatic carbocycles. The van der Waals surface area contributed by atoms with Gasteiger partial charge >= 0.3 is 5.97 Å². The fourth-order valence-electron chi connectivity index (χ4n) is 2.35. The molecule has 1 atom stereocenters. The molecule has 0 saturated carbocycles. The maximum absolute atomic E-state index is 12.3. The Hall–Kier alpha value is -2.38. The van der Waals surface area contributed by atoms with E-state index in [0.717, 1.165) is 22.4 Å². The van der Waals surface area contributed by atoms with Gasteiger partial charge in [0, 0.05) is 0 Å². The van der Waals surface area contributed by atoms with Crippen LogP contribution in [0, 0.1) is 20.8 Å². The van der Waals surface area contributed by atoms with Crippen LogP contribution in [-0.4, -0.2) is 33.6 Å². The zero-order valence-corrected chi connectivity index (χ0v) is 16.8. The van der Waals surface area contributed by atoms with Crippen LogP contribution in [0.5, 0.6) is 5.75 Å². The minimum atomic E-state index is -3.79. The van der Waals surface area contributed by atoms with Gasteiger partial charge in [0.2, 0.25) is 10.0 Å². The number of carbonyl (C=O) groups excluding carboxylic acids is 1. The molecule has 0 radical (unpaired) electrons. The van der Waals surface area contributed by atoms with E-state index in [0.29, 0.717) is 0 Å². The van der Waals surface area contributed by atoms with Gasteiger partial charge < -0.3 is 9.47 Å². The molecule has 7 heteroatoms. The quantitative estimate of drug-likeness (QED) is 0.553. The van der Waals surface area contributed by atoms with Crippen LogP contribution in [0.25, 0.3) is 0 Å². The number of nitrogens with one attached hydrogen (secondary N) is 1. The van der Waals surface area contributed by atoms with Gasteiger partial charge in [-0.25, -0.2) is 8.42 Å². The number of rotatable bonds is 8. The zero-order chi connectivity index (χ0) is 20.0. The Kier molecular flexibility index (Phi) is 6.98. The van der Waals surface area contributed by atoms with Crippen molar-refractivity contribution in [1.29, 1.82) is 0 Å². The van der Waals surface area contributed by atoms with Crippen molar-refractivity contribution in [3.05, 3.63) is 59.2 Å². The molecule has 0 amide bonds. The number of hydrogen-bond donors (Lipinski definition) is 1. The molecule has 0 aliphatic rings. The summed E-state index contributed by atoms with van der Waals surface area (Å²) in [5.74, 6) is 0.0782. The van der Waals surface area contributed by atoms with Crippen molar-refractivity contribution in [3.63, 3.8) is 0 Å². The molecule has 2 aromatic rings. The second-order valence-corrected chi connectivity index (χ2v) is 8.15. The molecule has 0 aliphatic heterocycles. The first kappa shape index (κ1) is 20.9. The van der Waals surface area contributed by atoms with Gasteiger partial charge in [-0.05, 0) is 57.0 Å². The molecule has 0 saturated heterocycles. The monoisotopic (exact) mass is 391 g/mol. The lowest BCUT2D eigenvalue weighted by molar-refractivity contribution is -0.145. The van der Waals surface area contributed by atoms with E-state index < -0.39 is 22.0 Å². The van der Waals surface area contributed by atoms with Crippen LogP contribution < -0.4 is 9.46 Å². The van der Waals surface area contributed by atoms with E-state index in [1.807, 2.05) is 39.0 Å². The van der Waals surface area contributed by atoms with E-state index in [9.17, 15) is 13.2 Å². The molecule has 0 unspecified atom stereocenters. The molecule has 0 fully saturated rings. The Morgan fingerprint density at radius 3 is 2.30 bits per heavy atom. The summed E-state index contributed by atoms with van der Waals surface area (Å²) >= 11 is 0. The highest BCUT2D eigenvalue weighted by Crippen LogP contribution is 2.18. The lowest BCUT2D eigenvalue weighted by atomic mass is 10.1. The van der Waals surface area contributed by atoms with Crippen molar-refractivity contribution in [1.82, 2.24) is 4.72 Å². The minimum absolute atomic E-state index is 0.0306. The molecule has 1 N–H and O–H groups in total. The van der Waals surface area contributed by atoms with Gasteiger partial charge in [-0.1, -0.05) is 29.8 Å². The summed E-state index contributed by atoms with van der Waals surface area (Å²) in [6.45, 7) is 7.43. The molecule has 2 rings (SSSR count). The highest BCUT2D eigenvalue weighted by Gasteiger charge is 2.23. The van der Waals surface area contributed by atoms with E-state index >= 15 is 0 Å². The third-order valence-electron chi connectivity index (χ3n) is 3.95. The first-order valence-electron chi connectivity index (χ1n) is 8.65. The highest BCUT2D eigenvalue weighted by atomic mass is 32.2. The Bertz CT molecular complexity index is 891. The fraction of sp³-hybridized carbons (Fsp3) is 0.350. The summed E-state index contributed by atoms with van der Waals surface area (Å²) in [7, 11) is -3.79. The van der Waals surface area contributed by atoms with Crippen molar-refractivity contribution in [2.24, 2.45) is 0 Å². The molecular formula is C20H25NO5S. The van der Waals surface area contributed by atoms with Crippen molar-refractivity contribution >= 4 is 16.0 Å². The summed E-state index contributed by atoms with van der Waals surface area (Å²) < 4.78 is 37.6. The van der Waals surface area contributed by atoms with Gasteiger partial charge in [-0.15, -0.1) is 0 Å². The largest absolute Gasteiger partial charge is 0.490 e. The average Bonchev–Trinajstić information content (AvgIpc) is 2.61. The number of hydrogen-bond acceptors (Lipinski definition) is 5. The minimum Gasteiger partial charge on any atom is -0.490 e. The first-order chi connectivity index (χ1) is 12.7. The molecule has 0 spiro atoms. The van der Waals surface area contributed by atoms with Gasteiger partial charge in [-0.2, -0.15) is 4.72 Å². The number of ether oxygens (including phenoxy) is 2. The van der Waals surface area contributed by atoms with Crippen molar-refractivity contribution in [3.8, 4) is 5.75 Å². The van der Waals surface area contributed by atoms with Crippen LogP contribution >= 0.6 is 0 Å². The predicted molar refractivity (Wildman–Crippen MR) is 103 cm³/mol. The summed E-state index contributed by atoms with van der Waals surface area (Å²) in [6, 6.07) is 11.2. The number of esters is 1. The molecule has 6 nitrogen and oxygen atoms in total. The third kappa shape index (κ3) is 6.08. The van der Waals surface area contributed by atoms with Gasteiger partial charge in [0.25, 0.3) is 0 Å². The topological polar surface area (TPSA) is 81.7 Å². The smallest absolute Gasteiger partial charge is 0.324 e. The van der Waals surface area contributed by atoms with Crippen LogP contribution in [0.3, 0.4) is 0 Å². The lowest BCUT2D eigenvalue weighted by Crippen LogP contribution is -2.39. The maximum atomic E-state index is 12.3. The van der Waals surface area contributed by atoms with E-state index in [1.165, 1.54) is 19.1 Å². The van der Waals surface area contributed by atoms with E-state index in [1.54, 1.807) is 12.1 Å². The summed E-state index contributed by atoms with van der Waals surface area (Å²) in [4.78, 5) is 12.1. The van der Waals surface area contributed by atoms with Gasteiger partial charge in [0.15, 0.2) is 0 Å². The second kappa shape index (κ2) is 9.01. The molecular weight excluding hydrogens is 366 g/mol. The fourth-order valence-corrected chi connectivity index (χ4v) is 3.54. The van der Waals surface area contributed by atoms with Crippen LogP contribution in [0.4, 0.5) is 0 Å². The van der Waals surface area contributed by atoms with E-state index in [4.69, 9.17) is 9.47 Å². The highest BCUT2D eigenvalue weighted by molar-refractivity contribution is 7.89. The number of carbonyl (C=O) groups is 1. The molecule has 27 heavy (non-hydrogen) atoms. The second-order valence-electron chi connectivity index (χ2n) is 6.44. The normalized spacial score (nSPS) is 12.4. The molecule has 0 aliphatic carbocycles. The summed E-state index contributed by atoms with van der Waals surface area (Å²) in [6.07, 6.45) is 0. The Balaban J connectivity index is 1.83. The number of sulfonamides is 1. The standard InChI is InChI=1S/C20H25NO5S/c1-14-6-9-18(10-7-14)27(23,24)21-17(4)20(22)26-12-11-25-19-13-15(2)5-8-16(19)3/h5-10,13,17,21H,11-12H2,1-4H3/t17-/m0/s1. The van der Waals surface area contributed by atoms with E-state index in [2.05, 4.69) is 4.72 Å². The maximum Gasteiger partial charge on any atom is 0.324 e. The molecule has 146 valence electrons. The van der Waals surface area contributed by atoms with Crippen molar-refractivity contribution < 1.29 is 22.7 Å². The lowest BCUT2D eigenvalue weighted by Gasteiger charge is -2.15. The molecule has 0 heterocycles. The predicted octanol–water partition coefficient (Wildman–Crippen LogP) is 2.90.